The third-order valence-corrected chi connectivity index (χ3v) is 10.9. The van der Waals surface area contributed by atoms with Gasteiger partial charge < -0.3 is 14.8 Å². The number of rotatable bonds is 10. The van der Waals surface area contributed by atoms with Crippen molar-refractivity contribution in [2.24, 2.45) is 5.92 Å². The number of thiazole rings is 1. The molecule has 8 nitrogen and oxygen atoms in total. The zero-order valence-electron chi connectivity index (χ0n) is 22.7. The predicted octanol–water partition coefficient (Wildman–Crippen LogP) is 5.87. The SMILES string of the molecule is CC[C@@H]1c2nc(NC(=O)Cc3ccc(S(=O)(=O)CCC4CCCC4)cc3)sc2CN1Cc1ccc2c(c1)OCO2. The molecule has 1 amide bonds. The zero-order chi connectivity index (χ0) is 27.7. The van der Waals surface area contributed by atoms with Crippen LogP contribution in [0.4, 0.5) is 5.13 Å². The van der Waals surface area contributed by atoms with Gasteiger partial charge in [0.25, 0.3) is 0 Å². The third kappa shape index (κ3) is 5.89. The van der Waals surface area contributed by atoms with Crippen LogP contribution in [0, 0.1) is 5.92 Å². The highest BCUT2D eigenvalue weighted by Crippen LogP contribution is 2.42. The summed E-state index contributed by atoms with van der Waals surface area (Å²) in [5.74, 6) is 2.15. The molecule has 40 heavy (non-hydrogen) atoms. The van der Waals surface area contributed by atoms with Gasteiger partial charge in [-0.25, -0.2) is 13.4 Å². The minimum Gasteiger partial charge on any atom is -0.454 e. The molecule has 0 spiro atoms. The molecule has 212 valence electrons. The van der Waals surface area contributed by atoms with Crippen LogP contribution in [0.25, 0.3) is 0 Å². The summed E-state index contributed by atoms with van der Waals surface area (Å²) < 4.78 is 36.5. The van der Waals surface area contributed by atoms with E-state index in [1.165, 1.54) is 34.6 Å². The van der Waals surface area contributed by atoms with Crippen LogP contribution >= 0.6 is 11.3 Å². The average molecular weight is 582 g/mol. The first kappa shape index (κ1) is 27.2. The Morgan fingerprint density at radius 1 is 1.07 bits per heavy atom. The lowest BCUT2D eigenvalue weighted by atomic mass is 10.1. The predicted molar refractivity (Wildman–Crippen MR) is 154 cm³/mol. The standard InChI is InChI=1S/C30H35N3O5S2/c1-2-24-29-27(18-33(24)17-22-9-12-25-26(15-22)38-19-37-25)39-30(32-29)31-28(34)16-21-7-10-23(11-8-21)40(35,36)14-13-20-5-3-4-6-20/h7-12,15,20,24H,2-6,13-14,16-19H2,1H3,(H,31,32,34)/t24-/m1/s1. The lowest BCUT2D eigenvalue weighted by Crippen LogP contribution is -2.22. The minimum atomic E-state index is -3.30. The number of fused-ring (bicyclic) bond motifs is 2. The maximum atomic E-state index is 12.8. The normalized spacial score (nSPS) is 18.8. The summed E-state index contributed by atoms with van der Waals surface area (Å²) in [6, 6.07) is 13.0. The first-order chi connectivity index (χ1) is 19.4. The molecule has 6 rings (SSSR count). The molecule has 0 radical (unpaired) electrons. The number of hydrogen-bond donors (Lipinski definition) is 1. The second-order valence-electron chi connectivity index (χ2n) is 11.0. The number of hydrogen-bond acceptors (Lipinski definition) is 8. The van der Waals surface area contributed by atoms with Crippen molar-refractivity contribution in [3.8, 4) is 11.5 Å². The average Bonchev–Trinajstić information content (AvgIpc) is 3.73. The highest BCUT2D eigenvalue weighted by atomic mass is 32.2. The Labute approximate surface area is 239 Å². The number of carbonyl (C=O) groups is 1. The van der Waals surface area contributed by atoms with Gasteiger partial charge in [0.1, 0.15) is 0 Å². The molecule has 3 heterocycles. The van der Waals surface area contributed by atoms with E-state index in [9.17, 15) is 13.2 Å². The molecule has 2 aliphatic heterocycles. The van der Waals surface area contributed by atoms with E-state index in [0.29, 0.717) is 15.9 Å². The van der Waals surface area contributed by atoms with Gasteiger partial charge in [-0.1, -0.05) is 50.8 Å². The molecule has 1 fully saturated rings. The van der Waals surface area contributed by atoms with E-state index in [2.05, 4.69) is 23.2 Å². The van der Waals surface area contributed by atoms with Crippen molar-refractivity contribution in [2.45, 2.75) is 75.9 Å². The van der Waals surface area contributed by atoms with E-state index in [0.717, 1.165) is 61.5 Å². The summed E-state index contributed by atoms with van der Waals surface area (Å²) in [5.41, 5.74) is 2.98. The third-order valence-electron chi connectivity index (χ3n) is 8.20. The monoisotopic (exact) mass is 581 g/mol. The summed E-state index contributed by atoms with van der Waals surface area (Å²) in [6.45, 7) is 3.99. The molecular formula is C30H35N3O5S2. The van der Waals surface area contributed by atoms with Gasteiger partial charge in [-0.15, -0.1) is 11.3 Å². The molecule has 2 aromatic carbocycles. The zero-order valence-corrected chi connectivity index (χ0v) is 24.4. The second kappa shape index (κ2) is 11.5. The number of carbonyl (C=O) groups excluding carboxylic acids is 1. The van der Waals surface area contributed by atoms with Gasteiger partial charge in [-0.05, 0) is 54.2 Å². The summed E-state index contributed by atoms with van der Waals surface area (Å²) >= 11 is 1.53. The van der Waals surface area contributed by atoms with E-state index in [1.54, 1.807) is 24.3 Å². The number of nitrogens with zero attached hydrogens (tertiary/aromatic N) is 2. The van der Waals surface area contributed by atoms with E-state index in [1.807, 2.05) is 12.1 Å². The van der Waals surface area contributed by atoms with Crippen molar-refractivity contribution in [1.82, 2.24) is 9.88 Å². The Hall–Kier alpha value is -2.95. The lowest BCUT2D eigenvalue weighted by molar-refractivity contribution is -0.115. The van der Waals surface area contributed by atoms with Crippen LogP contribution in [0.15, 0.2) is 47.4 Å². The highest BCUT2D eigenvalue weighted by Gasteiger charge is 2.33. The maximum Gasteiger partial charge on any atom is 0.231 e. The molecule has 10 heteroatoms. The number of aromatic nitrogens is 1. The topological polar surface area (TPSA) is 97.8 Å². The van der Waals surface area contributed by atoms with Crippen LogP contribution < -0.4 is 14.8 Å². The minimum absolute atomic E-state index is 0.158. The highest BCUT2D eigenvalue weighted by molar-refractivity contribution is 7.91. The Bertz CT molecular complexity index is 1480. The van der Waals surface area contributed by atoms with Gasteiger partial charge in [0, 0.05) is 18.0 Å². The molecule has 3 aliphatic rings. The Kier molecular flexibility index (Phi) is 7.83. The van der Waals surface area contributed by atoms with Crippen LogP contribution in [-0.2, 0) is 34.1 Å². The summed E-state index contributed by atoms with van der Waals surface area (Å²) in [6.07, 6.45) is 6.54. The lowest BCUT2D eigenvalue weighted by Gasteiger charge is -2.23. The molecule has 1 N–H and O–H groups in total. The van der Waals surface area contributed by atoms with Crippen LogP contribution in [0.5, 0.6) is 11.5 Å². The molecule has 1 atom stereocenters. The second-order valence-corrected chi connectivity index (χ2v) is 14.2. The summed E-state index contributed by atoms with van der Waals surface area (Å²) in [4.78, 5) is 21.5. The van der Waals surface area contributed by atoms with Crippen molar-refractivity contribution in [1.29, 1.82) is 0 Å². The van der Waals surface area contributed by atoms with Crippen molar-refractivity contribution in [2.75, 3.05) is 17.9 Å². The molecule has 0 saturated heterocycles. The van der Waals surface area contributed by atoms with E-state index in [4.69, 9.17) is 14.5 Å². The number of anilines is 1. The first-order valence-electron chi connectivity index (χ1n) is 14.1. The molecule has 1 saturated carbocycles. The number of nitrogens with one attached hydrogen (secondary N) is 1. The van der Waals surface area contributed by atoms with Crippen molar-refractivity contribution in [3.63, 3.8) is 0 Å². The van der Waals surface area contributed by atoms with Crippen LogP contribution in [0.3, 0.4) is 0 Å². The molecule has 1 aliphatic carbocycles. The van der Waals surface area contributed by atoms with E-state index in [-0.39, 0.29) is 30.9 Å². The Balaban J connectivity index is 1.03. The van der Waals surface area contributed by atoms with Gasteiger partial charge in [0.15, 0.2) is 26.5 Å². The van der Waals surface area contributed by atoms with E-state index < -0.39 is 9.84 Å². The number of sulfone groups is 1. The first-order valence-corrected chi connectivity index (χ1v) is 16.6. The molecule has 3 aromatic rings. The number of amides is 1. The fourth-order valence-corrected chi connectivity index (χ4v) is 8.54. The fourth-order valence-electron chi connectivity index (χ4n) is 6.05. The molecular weight excluding hydrogens is 546 g/mol. The number of benzene rings is 2. The molecule has 0 bridgehead atoms. The van der Waals surface area contributed by atoms with Gasteiger partial charge in [-0.2, -0.15) is 0 Å². The largest absolute Gasteiger partial charge is 0.454 e. The van der Waals surface area contributed by atoms with Crippen LogP contribution in [0.2, 0.25) is 0 Å². The Morgan fingerprint density at radius 3 is 2.60 bits per heavy atom. The van der Waals surface area contributed by atoms with Gasteiger partial charge in [0.05, 0.1) is 28.8 Å². The summed E-state index contributed by atoms with van der Waals surface area (Å²) in [5, 5.41) is 3.57. The fraction of sp³-hybridized carbons (Fsp3) is 0.467. The van der Waals surface area contributed by atoms with Crippen molar-refractivity contribution >= 4 is 32.2 Å². The number of ether oxygens (including phenoxy) is 2. The molecule has 1 aromatic heterocycles. The van der Waals surface area contributed by atoms with Crippen LogP contribution in [0.1, 0.15) is 73.2 Å². The summed E-state index contributed by atoms with van der Waals surface area (Å²) in [7, 11) is -3.30. The van der Waals surface area contributed by atoms with Crippen LogP contribution in [-0.4, -0.2) is 36.8 Å². The maximum absolute atomic E-state index is 12.8. The van der Waals surface area contributed by atoms with Crippen molar-refractivity contribution < 1.29 is 22.7 Å². The van der Waals surface area contributed by atoms with Gasteiger partial charge >= 0.3 is 0 Å². The van der Waals surface area contributed by atoms with Gasteiger partial charge in [0.2, 0.25) is 12.7 Å². The van der Waals surface area contributed by atoms with E-state index >= 15 is 0 Å². The Morgan fingerprint density at radius 2 is 1.82 bits per heavy atom. The van der Waals surface area contributed by atoms with Crippen molar-refractivity contribution in [3.05, 3.63) is 64.2 Å². The van der Waals surface area contributed by atoms with Gasteiger partial charge in [-0.3, -0.25) is 9.69 Å². The smallest absolute Gasteiger partial charge is 0.231 e. The quantitative estimate of drug-likeness (QED) is 0.320. The molecule has 0 unspecified atom stereocenters.